The number of anilines is 2. The molecule has 0 spiro atoms. The minimum Gasteiger partial charge on any atom is -0.408 e. The number of hydrogen-bond donors (Lipinski definition) is 2. The molecule has 1 aliphatic heterocycles. The van der Waals surface area contributed by atoms with Crippen LogP contribution >= 0.6 is 0 Å². The number of nitrogens with zero attached hydrogens (tertiary/aromatic N) is 3. The number of piperazine rings is 1. The SMILES string of the molecule is CN1CCN(c2ccc(NS(=O)(=O)c3ccc4[nH]c(=O)oc4c3)cn2)CC1. The number of H-pyrrole nitrogens is 1. The Morgan fingerprint density at radius 2 is 1.93 bits per heavy atom. The fourth-order valence-corrected chi connectivity index (χ4v) is 4.03. The topological polar surface area (TPSA) is 112 Å². The summed E-state index contributed by atoms with van der Waals surface area (Å²) in [5.74, 6) is 0.192. The first-order chi connectivity index (χ1) is 12.9. The molecular formula is C17H19N5O4S. The maximum atomic E-state index is 12.6. The smallest absolute Gasteiger partial charge is 0.408 e. The lowest BCUT2D eigenvalue weighted by Crippen LogP contribution is -2.44. The monoisotopic (exact) mass is 389 g/mol. The van der Waals surface area contributed by atoms with E-state index in [0.29, 0.717) is 11.2 Å². The highest BCUT2D eigenvalue weighted by Crippen LogP contribution is 2.21. The molecule has 0 radical (unpaired) electrons. The Labute approximate surface area is 155 Å². The van der Waals surface area contributed by atoms with Gasteiger partial charge >= 0.3 is 5.76 Å². The predicted octanol–water partition coefficient (Wildman–Crippen LogP) is 1.07. The summed E-state index contributed by atoms with van der Waals surface area (Å²) >= 11 is 0. The Kier molecular flexibility index (Phi) is 4.36. The van der Waals surface area contributed by atoms with Crippen molar-refractivity contribution in [3.63, 3.8) is 0 Å². The molecule has 27 heavy (non-hydrogen) atoms. The Morgan fingerprint density at radius 1 is 1.15 bits per heavy atom. The van der Waals surface area contributed by atoms with Crippen molar-refractivity contribution in [1.29, 1.82) is 0 Å². The quantitative estimate of drug-likeness (QED) is 0.686. The van der Waals surface area contributed by atoms with Crippen LogP contribution in [0.1, 0.15) is 0 Å². The molecule has 0 unspecified atom stereocenters. The molecule has 1 aromatic carbocycles. The van der Waals surface area contributed by atoms with Crippen LogP contribution in [0.2, 0.25) is 0 Å². The molecule has 1 aliphatic rings. The van der Waals surface area contributed by atoms with Gasteiger partial charge in [-0.1, -0.05) is 0 Å². The Hall–Kier alpha value is -2.85. The van der Waals surface area contributed by atoms with Gasteiger partial charge in [-0.25, -0.2) is 18.2 Å². The van der Waals surface area contributed by atoms with Crippen molar-refractivity contribution in [2.45, 2.75) is 4.90 Å². The molecule has 4 rings (SSSR count). The molecule has 10 heteroatoms. The number of hydrogen-bond acceptors (Lipinski definition) is 7. The summed E-state index contributed by atoms with van der Waals surface area (Å²) in [4.78, 5) is 22.5. The molecule has 2 aromatic heterocycles. The lowest BCUT2D eigenvalue weighted by molar-refractivity contribution is 0.312. The van der Waals surface area contributed by atoms with Crippen molar-refractivity contribution in [1.82, 2.24) is 14.9 Å². The molecule has 3 heterocycles. The summed E-state index contributed by atoms with van der Waals surface area (Å²) in [6, 6.07) is 7.69. The lowest BCUT2D eigenvalue weighted by atomic mass is 10.3. The number of oxazole rings is 1. The first-order valence-electron chi connectivity index (χ1n) is 8.46. The fourth-order valence-electron chi connectivity index (χ4n) is 2.98. The van der Waals surface area contributed by atoms with E-state index in [9.17, 15) is 13.2 Å². The van der Waals surface area contributed by atoms with E-state index in [1.165, 1.54) is 24.4 Å². The summed E-state index contributed by atoms with van der Waals surface area (Å²) in [7, 11) is -1.74. The summed E-state index contributed by atoms with van der Waals surface area (Å²) in [6.07, 6.45) is 1.50. The standard InChI is InChI=1S/C17H19N5O4S/c1-21-6-8-22(9-7-21)16-5-2-12(11-18-16)20-27(24,25)13-3-4-14-15(10-13)26-17(23)19-14/h2-5,10-11,20H,6-9H2,1H3,(H,19,23). The van der Waals surface area contributed by atoms with Crippen molar-refractivity contribution < 1.29 is 12.8 Å². The van der Waals surface area contributed by atoms with Crippen LogP contribution in [0.15, 0.2) is 50.6 Å². The van der Waals surface area contributed by atoms with Crippen LogP contribution in [-0.4, -0.2) is 56.5 Å². The minimum absolute atomic E-state index is 0.000828. The van der Waals surface area contributed by atoms with Crippen molar-refractivity contribution in [3.05, 3.63) is 47.1 Å². The molecule has 0 amide bonds. The van der Waals surface area contributed by atoms with Crippen LogP contribution in [0.3, 0.4) is 0 Å². The maximum Gasteiger partial charge on any atom is 0.417 e. The van der Waals surface area contributed by atoms with Gasteiger partial charge in [0, 0.05) is 32.2 Å². The molecule has 9 nitrogen and oxygen atoms in total. The number of nitrogens with one attached hydrogen (secondary N) is 2. The molecule has 2 N–H and O–H groups in total. The average Bonchev–Trinajstić information content (AvgIpc) is 3.02. The molecule has 0 atom stereocenters. The van der Waals surface area contributed by atoms with Gasteiger partial charge in [-0.15, -0.1) is 0 Å². The number of sulfonamides is 1. The predicted molar refractivity (Wildman–Crippen MR) is 102 cm³/mol. The van der Waals surface area contributed by atoms with Crippen LogP contribution in [0.4, 0.5) is 11.5 Å². The van der Waals surface area contributed by atoms with Crippen LogP contribution in [-0.2, 0) is 10.0 Å². The van der Waals surface area contributed by atoms with Gasteiger partial charge in [-0.2, -0.15) is 0 Å². The fraction of sp³-hybridized carbons (Fsp3) is 0.294. The molecule has 142 valence electrons. The number of rotatable bonds is 4. The van der Waals surface area contributed by atoms with Crippen molar-refractivity contribution in [3.8, 4) is 0 Å². The van der Waals surface area contributed by atoms with E-state index in [4.69, 9.17) is 4.42 Å². The highest BCUT2D eigenvalue weighted by atomic mass is 32.2. The van der Waals surface area contributed by atoms with E-state index in [0.717, 1.165) is 32.0 Å². The average molecular weight is 389 g/mol. The van der Waals surface area contributed by atoms with Gasteiger partial charge in [0.25, 0.3) is 10.0 Å². The second-order valence-corrected chi connectivity index (χ2v) is 8.16. The maximum absolute atomic E-state index is 12.6. The first-order valence-corrected chi connectivity index (χ1v) is 9.94. The second-order valence-electron chi connectivity index (χ2n) is 6.47. The van der Waals surface area contributed by atoms with E-state index < -0.39 is 15.8 Å². The summed E-state index contributed by atoms with van der Waals surface area (Å²) in [6.45, 7) is 3.70. The van der Waals surface area contributed by atoms with Gasteiger partial charge in [0.2, 0.25) is 0 Å². The van der Waals surface area contributed by atoms with Gasteiger partial charge in [0.05, 0.1) is 22.3 Å². The van der Waals surface area contributed by atoms with Gasteiger partial charge in [0.1, 0.15) is 5.82 Å². The van der Waals surface area contributed by atoms with E-state index in [1.807, 2.05) is 0 Å². The Balaban J connectivity index is 1.52. The van der Waals surface area contributed by atoms with Crippen LogP contribution in [0.25, 0.3) is 11.1 Å². The number of benzene rings is 1. The summed E-state index contributed by atoms with van der Waals surface area (Å²) in [5, 5.41) is 0. The molecule has 0 bridgehead atoms. The number of likely N-dealkylation sites (N-methyl/N-ethyl adjacent to an activating group) is 1. The van der Waals surface area contributed by atoms with Crippen molar-refractivity contribution in [2.24, 2.45) is 0 Å². The summed E-state index contributed by atoms with van der Waals surface area (Å²) < 4.78 is 32.6. The molecule has 1 fully saturated rings. The highest BCUT2D eigenvalue weighted by Gasteiger charge is 2.18. The molecular weight excluding hydrogens is 370 g/mol. The third-order valence-corrected chi connectivity index (χ3v) is 5.91. The molecule has 0 saturated carbocycles. The van der Waals surface area contributed by atoms with Gasteiger partial charge in [0.15, 0.2) is 5.58 Å². The zero-order chi connectivity index (χ0) is 19.0. The first kappa shape index (κ1) is 17.6. The second kappa shape index (κ2) is 6.71. The van der Waals surface area contributed by atoms with E-state index in [-0.39, 0.29) is 10.5 Å². The number of aromatic nitrogens is 2. The minimum atomic E-state index is -3.83. The van der Waals surface area contributed by atoms with Crippen LogP contribution < -0.4 is 15.4 Å². The number of pyridine rings is 1. The van der Waals surface area contributed by atoms with Gasteiger partial charge in [-0.05, 0) is 31.3 Å². The number of aromatic amines is 1. The van der Waals surface area contributed by atoms with E-state index in [1.54, 1.807) is 12.1 Å². The van der Waals surface area contributed by atoms with E-state index >= 15 is 0 Å². The normalized spacial score (nSPS) is 16.0. The summed E-state index contributed by atoms with van der Waals surface area (Å²) in [5.41, 5.74) is 0.993. The van der Waals surface area contributed by atoms with Crippen LogP contribution in [0, 0.1) is 0 Å². The Bertz CT molecular complexity index is 1110. The third kappa shape index (κ3) is 3.67. The zero-order valence-corrected chi connectivity index (χ0v) is 15.5. The van der Waals surface area contributed by atoms with Crippen molar-refractivity contribution >= 4 is 32.6 Å². The zero-order valence-electron chi connectivity index (χ0n) is 14.7. The highest BCUT2D eigenvalue weighted by molar-refractivity contribution is 7.92. The van der Waals surface area contributed by atoms with Gasteiger partial charge < -0.3 is 14.2 Å². The Morgan fingerprint density at radius 3 is 2.63 bits per heavy atom. The largest absolute Gasteiger partial charge is 0.417 e. The van der Waals surface area contributed by atoms with Crippen LogP contribution in [0.5, 0.6) is 0 Å². The van der Waals surface area contributed by atoms with E-state index in [2.05, 4.69) is 31.5 Å². The van der Waals surface area contributed by atoms with Gasteiger partial charge in [-0.3, -0.25) is 9.71 Å². The van der Waals surface area contributed by atoms with Crippen molar-refractivity contribution in [2.75, 3.05) is 42.8 Å². The lowest BCUT2D eigenvalue weighted by Gasteiger charge is -2.33. The third-order valence-electron chi connectivity index (χ3n) is 4.53. The molecule has 0 aliphatic carbocycles. The molecule has 1 saturated heterocycles. The molecule has 3 aromatic rings. The number of fused-ring (bicyclic) bond motifs is 1.